The Bertz CT molecular complexity index is 918. The molecule has 8 nitrogen and oxygen atoms in total. The number of benzene rings is 2. The topological polar surface area (TPSA) is 115 Å². The number of rotatable bonds is 9. The van der Waals surface area contributed by atoms with Gasteiger partial charge in [0, 0.05) is 30.2 Å². The fourth-order valence-electron chi connectivity index (χ4n) is 2.46. The Hall–Kier alpha value is -2.81. The first-order valence-corrected chi connectivity index (χ1v) is 9.03. The summed E-state index contributed by atoms with van der Waals surface area (Å²) in [7, 11) is 0. The SMILES string of the molecule is Nc1nonc1C(=O)NCCNCc1ccccc1OCc1ccc(Cl)cc1.[Cl-]. The molecule has 1 aromatic heterocycles. The van der Waals surface area contributed by atoms with Crippen LogP contribution in [0.1, 0.15) is 21.6 Å². The average Bonchev–Trinajstić information content (AvgIpc) is 3.14. The van der Waals surface area contributed by atoms with Gasteiger partial charge in [0.05, 0.1) is 0 Å². The number of hydrogen-bond acceptors (Lipinski definition) is 7. The highest BCUT2D eigenvalue weighted by Gasteiger charge is 2.14. The Kier molecular flexibility index (Phi) is 8.72. The van der Waals surface area contributed by atoms with Crippen LogP contribution in [0.25, 0.3) is 0 Å². The summed E-state index contributed by atoms with van der Waals surface area (Å²) in [6.45, 7) is 2.01. The number of aromatic nitrogens is 2. The molecule has 0 aliphatic heterocycles. The molecule has 1 amide bonds. The van der Waals surface area contributed by atoms with Gasteiger partial charge in [0.1, 0.15) is 12.4 Å². The number of nitrogens with zero attached hydrogens (tertiary/aromatic N) is 2. The third-order valence-electron chi connectivity index (χ3n) is 3.91. The molecular formula is C19H20Cl2N5O3-. The Morgan fingerprint density at radius 1 is 1.10 bits per heavy atom. The van der Waals surface area contributed by atoms with Crippen LogP contribution >= 0.6 is 11.6 Å². The molecule has 0 bridgehead atoms. The molecule has 0 aliphatic rings. The quantitative estimate of drug-likeness (QED) is 0.383. The van der Waals surface area contributed by atoms with Gasteiger partial charge in [0.25, 0.3) is 5.91 Å². The normalized spacial score (nSPS) is 10.2. The molecule has 3 rings (SSSR count). The van der Waals surface area contributed by atoms with Crippen LogP contribution in [0.2, 0.25) is 5.02 Å². The van der Waals surface area contributed by atoms with Gasteiger partial charge in [-0.15, -0.1) is 0 Å². The van der Waals surface area contributed by atoms with Crippen LogP contribution in [0.5, 0.6) is 5.75 Å². The fourth-order valence-corrected chi connectivity index (χ4v) is 2.58. The number of amides is 1. The van der Waals surface area contributed by atoms with Crippen molar-refractivity contribution in [1.82, 2.24) is 20.9 Å². The van der Waals surface area contributed by atoms with Gasteiger partial charge < -0.3 is 33.5 Å². The molecule has 0 aliphatic carbocycles. The lowest BCUT2D eigenvalue weighted by Gasteiger charge is -2.12. The lowest BCUT2D eigenvalue weighted by molar-refractivity contribution is -0.0000148. The van der Waals surface area contributed by atoms with Crippen LogP contribution in [-0.2, 0) is 13.2 Å². The second-order valence-corrected chi connectivity index (χ2v) is 6.39. The first-order chi connectivity index (χ1) is 13.6. The summed E-state index contributed by atoms with van der Waals surface area (Å²) < 4.78 is 10.3. The number of carbonyl (C=O) groups excluding carboxylic acids is 1. The number of ether oxygens (including phenoxy) is 1. The number of nitrogens with one attached hydrogen (secondary N) is 2. The summed E-state index contributed by atoms with van der Waals surface area (Å²) in [6, 6.07) is 15.3. The van der Waals surface area contributed by atoms with Crippen molar-refractivity contribution in [3.63, 3.8) is 0 Å². The molecule has 29 heavy (non-hydrogen) atoms. The average molecular weight is 437 g/mol. The summed E-state index contributed by atoms with van der Waals surface area (Å²) >= 11 is 5.90. The highest BCUT2D eigenvalue weighted by atomic mass is 35.5. The molecule has 0 radical (unpaired) electrons. The van der Waals surface area contributed by atoms with Crippen LogP contribution in [-0.4, -0.2) is 29.3 Å². The first kappa shape index (κ1) is 22.5. The predicted octanol–water partition coefficient (Wildman–Crippen LogP) is -0.592. The zero-order valence-corrected chi connectivity index (χ0v) is 16.9. The second-order valence-electron chi connectivity index (χ2n) is 5.95. The molecular weight excluding hydrogens is 417 g/mol. The number of anilines is 1. The van der Waals surface area contributed by atoms with Gasteiger partial charge in [-0.3, -0.25) is 4.79 Å². The van der Waals surface area contributed by atoms with E-state index in [1.165, 1.54) is 0 Å². The standard InChI is InChI=1S/C19H20ClN5O3.ClH/c20-15-7-5-13(6-8-15)12-27-16-4-2-1-3-14(16)11-22-9-10-23-19(26)17-18(21)25-28-24-17;/h1-8,22H,9-12H2,(H2,21,25)(H,23,26);1H/p-1. The van der Waals surface area contributed by atoms with Crippen molar-refractivity contribution in [2.75, 3.05) is 18.8 Å². The molecule has 154 valence electrons. The molecule has 2 aromatic carbocycles. The molecule has 0 saturated heterocycles. The van der Waals surface area contributed by atoms with Crippen molar-refractivity contribution in [1.29, 1.82) is 0 Å². The van der Waals surface area contributed by atoms with Gasteiger partial charge >= 0.3 is 0 Å². The van der Waals surface area contributed by atoms with Crippen molar-refractivity contribution in [2.24, 2.45) is 0 Å². The van der Waals surface area contributed by atoms with Gasteiger partial charge in [-0.05, 0) is 34.1 Å². The number of nitrogens with two attached hydrogens (primary N) is 1. The van der Waals surface area contributed by atoms with Crippen LogP contribution in [0.3, 0.4) is 0 Å². The van der Waals surface area contributed by atoms with Crippen molar-refractivity contribution in [3.05, 3.63) is 70.4 Å². The van der Waals surface area contributed by atoms with Gasteiger partial charge in [0.2, 0.25) is 11.5 Å². The minimum Gasteiger partial charge on any atom is -1.00 e. The lowest BCUT2D eigenvalue weighted by atomic mass is 10.2. The van der Waals surface area contributed by atoms with E-state index in [1.807, 2.05) is 48.5 Å². The minimum atomic E-state index is -0.424. The van der Waals surface area contributed by atoms with Crippen molar-refractivity contribution in [2.45, 2.75) is 13.2 Å². The molecule has 1 heterocycles. The van der Waals surface area contributed by atoms with Crippen LogP contribution in [0.15, 0.2) is 53.2 Å². The van der Waals surface area contributed by atoms with E-state index >= 15 is 0 Å². The molecule has 0 atom stereocenters. The Labute approximate surface area is 179 Å². The maximum Gasteiger partial charge on any atom is 0.277 e. The van der Waals surface area contributed by atoms with Crippen molar-refractivity contribution < 1.29 is 26.6 Å². The summed E-state index contributed by atoms with van der Waals surface area (Å²) in [4.78, 5) is 11.8. The molecule has 10 heteroatoms. The molecule has 0 unspecified atom stereocenters. The van der Waals surface area contributed by atoms with Crippen LogP contribution in [0.4, 0.5) is 5.82 Å². The molecule has 3 aromatic rings. The van der Waals surface area contributed by atoms with Gasteiger partial charge in [0.15, 0.2) is 0 Å². The van der Waals surface area contributed by atoms with Crippen LogP contribution < -0.4 is 33.5 Å². The molecule has 0 fully saturated rings. The minimum absolute atomic E-state index is 0. The zero-order valence-electron chi connectivity index (χ0n) is 15.4. The van der Waals surface area contributed by atoms with Gasteiger partial charge in [-0.2, -0.15) is 0 Å². The summed E-state index contributed by atoms with van der Waals surface area (Å²) in [6.07, 6.45) is 0. The maximum absolute atomic E-state index is 11.8. The summed E-state index contributed by atoms with van der Waals surface area (Å²) in [5, 5.41) is 13.5. The summed E-state index contributed by atoms with van der Waals surface area (Å²) in [5.41, 5.74) is 7.52. The number of carbonyl (C=O) groups is 1. The Balaban J connectivity index is 0.00000300. The monoisotopic (exact) mass is 436 g/mol. The fraction of sp³-hybridized carbons (Fsp3) is 0.211. The first-order valence-electron chi connectivity index (χ1n) is 8.65. The molecule has 0 saturated carbocycles. The van der Waals surface area contributed by atoms with Gasteiger partial charge in [-0.25, -0.2) is 4.63 Å². The van der Waals surface area contributed by atoms with E-state index in [4.69, 9.17) is 22.1 Å². The lowest BCUT2D eigenvalue weighted by Crippen LogP contribution is -3.00. The summed E-state index contributed by atoms with van der Waals surface area (Å²) in [5.74, 6) is 0.347. The van der Waals surface area contributed by atoms with Crippen molar-refractivity contribution >= 4 is 23.3 Å². The predicted molar refractivity (Wildman–Crippen MR) is 105 cm³/mol. The van der Waals surface area contributed by atoms with Crippen molar-refractivity contribution in [3.8, 4) is 5.75 Å². The highest BCUT2D eigenvalue weighted by molar-refractivity contribution is 6.30. The van der Waals surface area contributed by atoms with E-state index in [-0.39, 0.29) is 23.9 Å². The zero-order chi connectivity index (χ0) is 19.8. The van der Waals surface area contributed by atoms with E-state index in [1.54, 1.807) is 0 Å². The van der Waals surface area contributed by atoms with Crippen LogP contribution in [0, 0.1) is 0 Å². The number of nitrogen functional groups attached to an aromatic ring is 1. The third kappa shape index (κ3) is 6.63. The number of hydrogen-bond donors (Lipinski definition) is 3. The smallest absolute Gasteiger partial charge is 0.277 e. The largest absolute Gasteiger partial charge is 1.00 e. The molecule has 0 spiro atoms. The highest BCUT2D eigenvalue weighted by Crippen LogP contribution is 2.19. The number of halogens is 2. The number of para-hydroxylation sites is 1. The van der Waals surface area contributed by atoms with E-state index in [0.717, 1.165) is 16.9 Å². The van der Waals surface area contributed by atoms with Gasteiger partial charge in [-0.1, -0.05) is 41.9 Å². The third-order valence-corrected chi connectivity index (χ3v) is 4.16. The van der Waals surface area contributed by atoms with E-state index < -0.39 is 5.91 Å². The van der Waals surface area contributed by atoms with E-state index in [0.29, 0.717) is 31.3 Å². The Morgan fingerprint density at radius 3 is 2.59 bits per heavy atom. The second kappa shape index (κ2) is 11.3. The Morgan fingerprint density at radius 2 is 1.86 bits per heavy atom. The van der Waals surface area contributed by atoms with E-state index in [2.05, 4.69) is 25.6 Å². The maximum atomic E-state index is 11.8. The molecule has 4 N–H and O–H groups in total. The van der Waals surface area contributed by atoms with E-state index in [9.17, 15) is 4.79 Å².